The molecule has 0 fully saturated rings. The van der Waals surface area contributed by atoms with Crippen LogP contribution >= 0.6 is 15.9 Å². The molecule has 0 aromatic heterocycles. The van der Waals surface area contributed by atoms with Crippen molar-refractivity contribution in [1.29, 1.82) is 5.26 Å². The summed E-state index contributed by atoms with van der Waals surface area (Å²) in [5, 5.41) is 11.3. The molecule has 2 atom stereocenters. The van der Waals surface area contributed by atoms with Gasteiger partial charge in [-0.1, -0.05) is 29.8 Å². The molecule has 0 unspecified atom stereocenters. The van der Waals surface area contributed by atoms with Crippen LogP contribution in [0.1, 0.15) is 31.1 Å². The van der Waals surface area contributed by atoms with E-state index in [2.05, 4.69) is 21.2 Å². The smallest absolute Gasteiger partial charge is 0.330 e. The third-order valence-electron chi connectivity index (χ3n) is 2.79. The topological polar surface area (TPSA) is 79.2 Å². The minimum atomic E-state index is -0.844. The van der Waals surface area contributed by atoms with Crippen LogP contribution in [-0.4, -0.2) is 24.0 Å². The Bertz CT molecular complexity index is 549. The Morgan fingerprint density at radius 3 is 2.29 bits per heavy atom. The van der Waals surface area contributed by atoms with Crippen LogP contribution < -0.4 is 5.32 Å². The molecule has 5 nitrogen and oxygen atoms in total. The van der Waals surface area contributed by atoms with E-state index in [1.54, 1.807) is 38.1 Å². The van der Waals surface area contributed by atoms with E-state index in [0.29, 0.717) is 5.56 Å². The fraction of sp³-hybridized carbons (Fsp3) is 0.400. The van der Waals surface area contributed by atoms with Crippen LogP contribution in [0.15, 0.2) is 28.7 Å². The predicted molar refractivity (Wildman–Crippen MR) is 81.4 cm³/mol. The van der Waals surface area contributed by atoms with Gasteiger partial charge in [-0.3, -0.25) is 4.79 Å². The highest BCUT2D eigenvalue weighted by Gasteiger charge is 2.27. The van der Waals surface area contributed by atoms with Crippen molar-refractivity contribution in [3.8, 4) is 6.07 Å². The molecule has 0 saturated carbocycles. The quantitative estimate of drug-likeness (QED) is 0.826. The van der Waals surface area contributed by atoms with Crippen molar-refractivity contribution in [2.24, 2.45) is 5.92 Å². The number of amides is 1. The average Bonchev–Trinajstić information content (AvgIpc) is 2.44. The fourth-order valence-corrected chi connectivity index (χ4v) is 1.86. The summed E-state index contributed by atoms with van der Waals surface area (Å²) in [6, 6.07) is 7.82. The molecule has 1 aromatic carbocycles. The summed E-state index contributed by atoms with van der Waals surface area (Å²) in [6.45, 7) is 5.07. The van der Waals surface area contributed by atoms with E-state index < -0.39 is 18.1 Å². The van der Waals surface area contributed by atoms with Gasteiger partial charge in [-0.15, -0.1) is 0 Å². The number of rotatable bonds is 5. The molecule has 1 aromatic rings. The highest BCUT2D eigenvalue weighted by Crippen LogP contribution is 2.12. The van der Waals surface area contributed by atoms with Crippen LogP contribution in [0.4, 0.5) is 0 Å². The zero-order valence-electron chi connectivity index (χ0n) is 12.1. The second-order valence-corrected chi connectivity index (χ2v) is 5.83. The molecule has 112 valence electrons. The number of nitriles is 1. The molecular weight excluding hydrogens is 336 g/mol. The zero-order chi connectivity index (χ0) is 16.0. The molecular formula is C15H17BrN2O3. The molecule has 1 N–H and O–H groups in total. The molecule has 0 aliphatic carbocycles. The van der Waals surface area contributed by atoms with Gasteiger partial charge < -0.3 is 10.1 Å². The van der Waals surface area contributed by atoms with Gasteiger partial charge >= 0.3 is 5.97 Å². The zero-order valence-corrected chi connectivity index (χ0v) is 13.7. The van der Waals surface area contributed by atoms with Crippen molar-refractivity contribution in [3.05, 3.63) is 34.3 Å². The molecule has 0 aliphatic rings. The van der Waals surface area contributed by atoms with Gasteiger partial charge in [-0.2, -0.15) is 5.26 Å². The van der Waals surface area contributed by atoms with E-state index in [9.17, 15) is 9.59 Å². The Hall–Kier alpha value is -1.87. The summed E-state index contributed by atoms with van der Waals surface area (Å²) in [5.41, 5.74) is 0.449. The van der Waals surface area contributed by atoms with Gasteiger partial charge in [-0.05, 0) is 37.1 Å². The number of hydrogen-bond acceptors (Lipinski definition) is 4. The Morgan fingerprint density at radius 1 is 1.24 bits per heavy atom. The minimum absolute atomic E-state index is 0.150. The summed E-state index contributed by atoms with van der Waals surface area (Å²) in [5.74, 6) is -1.12. The SMILES string of the molecule is CC(C)[C@H](NC(=O)c1ccc(Br)cc1)C(=O)O[C@@H](C)C#N. The number of nitrogens with zero attached hydrogens (tertiary/aromatic N) is 1. The molecule has 6 heteroatoms. The summed E-state index contributed by atoms with van der Waals surface area (Å²) in [7, 11) is 0. The molecule has 0 spiro atoms. The van der Waals surface area contributed by atoms with Gasteiger partial charge in [0.1, 0.15) is 12.1 Å². The lowest BCUT2D eigenvalue weighted by Gasteiger charge is -2.21. The van der Waals surface area contributed by atoms with Crippen LogP contribution in [0.2, 0.25) is 0 Å². The normalized spacial score (nSPS) is 13.1. The summed E-state index contributed by atoms with van der Waals surface area (Å²) in [6.07, 6.45) is -0.844. The van der Waals surface area contributed by atoms with E-state index >= 15 is 0 Å². The Balaban J connectivity index is 2.79. The van der Waals surface area contributed by atoms with E-state index in [-0.39, 0.29) is 11.8 Å². The number of carbonyl (C=O) groups excluding carboxylic acids is 2. The van der Waals surface area contributed by atoms with E-state index in [4.69, 9.17) is 10.00 Å². The standard InChI is InChI=1S/C15H17BrN2O3/c1-9(2)13(15(20)21-10(3)8-17)18-14(19)11-4-6-12(16)7-5-11/h4-7,9-10,13H,1-3H3,(H,18,19)/t10-,13-/m0/s1. The molecule has 0 saturated heterocycles. The molecule has 1 rings (SSSR count). The Kier molecular flexibility index (Phi) is 6.38. The number of esters is 1. The molecule has 1 amide bonds. The molecule has 0 heterocycles. The van der Waals surface area contributed by atoms with Gasteiger partial charge in [0.15, 0.2) is 6.10 Å². The highest BCUT2D eigenvalue weighted by molar-refractivity contribution is 9.10. The van der Waals surface area contributed by atoms with Crippen LogP contribution in [0, 0.1) is 17.2 Å². The number of carbonyl (C=O) groups is 2. The number of halogens is 1. The van der Waals surface area contributed by atoms with Crippen molar-refractivity contribution in [2.45, 2.75) is 32.9 Å². The van der Waals surface area contributed by atoms with Crippen molar-refractivity contribution >= 4 is 27.8 Å². The maximum Gasteiger partial charge on any atom is 0.330 e. The minimum Gasteiger partial charge on any atom is -0.446 e. The highest BCUT2D eigenvalue weighted by atomic mass is 79.9. The van der Waals surface area contributed by atoms with Crippen molar-refractivity contribution < 1.29 is 14.3 Å². The second kappa shape index (κ2) is 7.79. The van der Waals surface area contributed by atoms with Gasteiger partial charge in [0.05, 0.1) is 0 Å². The summed E-state index contributed by atoms with van der Waals surface area (Å²) >= 11 is 3.29. The Labute approximate surface area is 132 Å². The predicted octanol–water partition coefficient (Wildman–Crippen LogP) is 2.66. The van der Waals surface area contributed by atoms with E-state index in [1.165, 1.54) is 6.92 Å². The second-order valence-electron chi connectivity index (χ2n) is 4.91. The monoisotopic (exact) mass is 352 g/mol. The Morgan fingerprint density at radius 2 is 1.81 bits per heavy atom. The van der Waals surface area contributed by atoms with Gasteiger partial charge in [0, 0.05) is 10.0 Å². The third-order valence-corrected chi connectivity index (χ3v) is 3.32. The number of benzene rings is 1. The van der Waals surface area contributed by atoms with Crippen molar-refractivity contribution in [3.63, 3.8) is 0 Å². The van der Waals surface area contributed by atoms with Gasteiger partial charge in [0.25, 0.3) is 5.91 Å². The van der Waals surface area contributed by atoms with Crippen molar-refractivity contribution in [1.82, 2.24) is 5.32 Å². The lowest BCUT2D eigenvalue weighted by Crippen LogP contribution is -2.46. The lowest BCUT2D eigenvalue weighted by atomic mass is 10.0. The molecule has 0 bridgehead atoms. The first-order valence-electron chi connectivity index (χ1n) is 6.51. The van der Waals surface area contributed by atoms with Gasteiger partial charge in [-0.25, -0.2) is 4.79 Å². The first-order chi connectivity index (χ1) is 9.85. The maximum atomic E-state index is 12.1. The van der Waals surface area contributed by atoms with Crippen LogP contribution in [0.3, 0.4) is 0 Å². The first-order valence-corrected chi connectivity index (χ1v) is 7.31. The molecule has 0 aliphatic heterocycles. The molecule has 21 heavy (non-hydrogen) atoms. The van der Waals surface area contributed by atoms with E-state index in [1.807, 2.05) is 6.07 Å². The lowest BCUT2D eigenvalue weighted by molar-refractivity contribution is -0.149. The maximum absolute atomic E-state index is 12.1. The third kappa shape index (κ3) is 5.20. The number of nitrogens with one attached hydrogen (secondary N) is 1. The van der Waals surface area contributed by atoms with Crippen LogP contribution in [0.25, 0.3) is 0 Å². The molecule has 0 radical (unpaired) electrons. The van der Waals surface area contributed by atoms with E-state index in [0.717, 1.165) is 4.47 Å². The number of hydrogen-bond donors (Lipinski definition) is 1. The average molecular weight is 353 g/mol. The first kappa shape index (κ1) is 17.2. The van der Waals surface area contributed by atoms with Gasteiger partial charge in [0.2, 0.25) is 0 Å². The van der Waals surface area contributed by atoms with Crippen LogP contribution in [-0.2, 0) is 9.53 Å². The fourth-order valence-electron chi connectivity index (χ4n) is 1.60. The largest absolute Gasteiger partial charge is 0.446 e. The van der Waals surface area contributed by atoms with Crippen LogP contribution in [0.5, 0.6) is 0 Å². The number of ether oxygens (including phenoxy) is 1. The van der Waals surface area contributed by atoms with Crippen molar-refractivity contribution in [2.75, 3.05) is 0 Å². The summed E-state index contributed by atoms with van der Waals surface area (Å²) in [4.78, 5) is 24.1. The summed E-state index contributed by atoms with van der Waals surface area (Å²) < 4.78 is 5.82.